The van der Waals surface area contributed by atoms with Crippen LogP contribution in [0.5, 0.6) is 5.75 Å². The van der Waals surface area contributed by atoms with Crippen LogP contribution >= 0.6 is 0 Å². The van der Waals surface area contributed by atoms with E-state index in [1.165, 1.54) is 0 Å². The maximum absolute atomic E-state index is 9.97. The molecule has 0 aromatic heterocycles. The van der Waals surface area contributed by atoms with Gasteiger partial charge >= 0.3 is 0 Å². The van der Waals surface area contributed by atoms with Crippen LogP contribution in [0.15, 0.2) is 18.2 Å². The van der Waals surface area contributed by atoms with Crippen molar-refractivity contribution in [3.8, 4) is 5.75 Å². The van der Waals surface area contributed by atoms with Gasteiger partial charge < -0.3 is 16.2 Å². The van der Waals surface area contributed by atoms with Crippen LogP contribution in [-0.4, -0.2) is 12.9 Å². The zero-order chi connectivity index (χ0) is 8.97. The molecule has 0 saturated carbocycles. The SMILES string of the molecule is Nc1ccc(OCC=O)c(N)c1. The number of carbonyl (C=O) groups excluding carboxylic acids is 1. The lowest BCUT2D eigenvalue weighted by Gasteiger charge is -2.05. The topological polar surface area (TPSA) is 78.3 Å². The first kappa shape index (κ1) is 8.39. The zero-order valence-corrected chi connectivity index (χ0v) is 6.49. The van der Waals surface area contributed by atoms with Crippen LogP contribution < -0.4 is 16.2 Å². The van der Waals surface area contributed by atoms with E-state index >= 15 is 0 Å². The van der Waals surface area contributed by atoms with E-state index in [1.54, 1.807) is 18.2 Å². The van der Waals surface area contributed by atoms with E-state index < -0.39 is 0 Å². The largest absolute Gasteiger partial charge is 0.484 e. The van der Waals surface area contributed by atoms with Crippen LogP contribution in [0.3, 0.4) is 0 Å². The van der Waals surface area contributed by atoms with Crippen molar-refractivity contribution in [3.05, 3.63) is 18.2 Å². The molecule has 64 valence electrons. The highest BCUT2D eigenvalue weighted by Gasteiger charge is 1.98. The second-order valence-electron chi connectivity index (χ2n) is 2.27. The Labute approximate surface area is 70.1 Å². The number of aldehydes is 1. The second-order valence-corrected chi connectivity index (χ2v) is 2.27. The molecule has 0 amide bonds. The molecule has 0 aliphatic rings. The Hall–Kier alpha value is -1.71. The summed E-state index contributed by atoms with van der Waals surface area (Å²) in [5, 5.41) is 0. The fourth-order valence-electron chi connectivity index (χ4n) is 0.822. The molecule has 0 aliphatic carbocycles. The van der Waals surface area contributed by atoms with Crippen molar-refractivity contribution < 1.29 is 9.53 Å². The molecular formula is C8H10N2O2. The molecule has 4 N–H and O–H groups in total. The maximum atomic E-state index is 9.97. The molecule has 0 saturated heterocycles. The van der Waals surface area contributed by atoms with Crippen molar-refractivity contribution in [1.82, 2.24) is 0 Å². The summed E-state index contributed by atoms with van der Waals surface area (Å²) in [6.45, 7) is 0.00805. The molecule has 0 atom stereocenters. The number of hydrogen-bond acceptors (Lipinski definition) is 4. The highest BCUT2D eigenvalue weighted by Crippen LogP contribution is 2.22. The van der Waals surface area contributed by atoms with Crippen LogP contribution in [0.4, 0.5) is 11.4 Å². The van der Waals surface area contributed by atoms with Gasteiger partial charge in [0.15, 0.2) is 6.29 Å². The lowest BCUT2D eigenvalue weighted by atomic mass is 10.2. The average molecular weight is 166 g/mol. The summed E-state index contributed by atoms with van der Waals surface area (Å²) in [5.41, 5.74) is 12.0. The minimum absolute atomic E-state index is 0.00805. The number of nitrogen functional groups attached to an aromatic ring is 2. The lowest BCUT2D eigenvalue weighted by molar-refractivity contribution is -0.109. The van der Waals surface area contributed by atoms with E-state index in [1.807, 2.05) is 0 Å². The smallest absolute Gasteiger partial charge is 0.157 e. The van der Waals surface area contributed by atoms with Crippen molar-refractivity contribution in [2.75, 3.05) is 18.1 Å². The van der Waals surface area contributed by atoms with Crippen molar-refractivity contribution >= 4 is 17.7 Å². The molecule has 0 fully saturated rings. The van der Waals surface area contributed by atoms with Crippen molar-refractivity contribution in [2.45, 2.75) is 0 Å². The molecule has 4 nitrogen and oxygen atoms in total. The third-order valence-electron chi connectivity index (χ3n) is 1.34. The van der Waals surface area contributed by atoms with Gasteiger partial charge in [0.2, 0.25) is 0 Å². The summed E-state index contributed by atoms with van der Waals surface area (Å²) in [4.78, 5) is 9.97. The van der Waals surface area contributed by atoms with Gasteiger partial charge in [-0.3, -0.25) is 4.79 Å². The molecule has 0 aliphatic heterocycles. The molecule has 0 radical (unpaired) electrons. The Morgan fingerprint density at radius 1 is 1.42 bits per heavy atom. The fourth-order valence-corrected chi connectivity index (χ4v) is 0.822. The predicted octanol–water partition coefficient (Wildman–Crippen LogP) is 0.429. The van der Waals surface area contributed by atoms with E-state index in [2.05, 4.69) is 0 Å². The lowest BCUT2D eigenvalue weighted by Crippen LogP contribution is -2.01. The highest BCUT2D eigenvalue weighted by molar-refractivity contribution is 5.61. The highest BCUT2D eigenvalue weighted by atomic mass is 16.5. The normalized spacial score (nSPS) is 9.33. The van der Waals surface area contributed by atoms with Crippen LogP contribution in [0.1, 0.15) is 0 Å². The van der Waals surface area contributed by atoms with E-state index in [4.69, 9.17) is 16.2 Å². The van der Waals surface area contributed by atoms with Gasteiger partial charge in [-0.25, -0.2) is 0 Å². The fraction of sp³-hybridized carbons (Fsp3) is 0.125. The van der Waals surface area contributed by atoms with Gasteiger partial charge in [-0.05, 0) is 18.2 Å². The summed E-state index contributed by atoms with van der Waals surface area (Å²) in [5.74, 6) is 0.483. The standard InChI is InChI=1S/C8H10N2O2/c9-6-1-2-8(7(10)5-6)12-4-3-11/h1-3,5H,4,9-10H2. The molecule has 1 rings (SSSR count). The molecule has 0 heterocycles. The minimum atomic E-state index is 0.00805. The number of anilines is 2. The van der Waals surface area contributed by atoms with Crippen molar-refractivity contribution in [2.24, 2.45) is 0 Å². The summed E-state index contributed by atoms with van der Waals surface area (Å²) in [7, 11) is 0. The van der Waals surface area contributed by atoms with Gasteiger partial charge in [0.25, 0.3) is 0 Å². The molecule has 0 spiro atoms. The Morgan fingerprint density at radius 3 is 2.75 bits per heavy atom. The van der Waals surface area contributed by atoms with Gasteiger partial charge in [0, 0.05) is 5.69 Å². The Kier molecular flexibility index (Phi) is 2.53. The first-order valence-corrected chi connectivity index (χ1v) is 3.45. The summed E-state index contributed by atoms with van der Waals surface area (Å²) in [6, 6.07) is 4.88. The van der Waals surface area contributed by atoms with E-state index in [-0.39, 0.29) is 6.61 Å². The molecule has 4 heteroatoms. The molecular weight excluding hydrogens is 156 g/mol. The average Bonchev–Trinajstić information content (AvgIpc) is 2.03. The monoisotopic (exact) mass is 166 g/mol. The first-order valence-electron chi connectivity index (χ1n) is 3.45. The predicted molar refractivity (Wildman–Crippen MR) is 46.8 cm³/mol. The molecule has 12 heavy (non-hydrogen) atoms. The summed E-state index contributed by atoms with van der Waals surface area (Å²) >= 11 is 0. The van der Waals surface area contributed by atoms with Crippen molar-refractivity contribution in [3.63, 3.8) is 0 Å². The van der Waals surface area contributed by atoms with Crippen LogP contribution in [0.25, 0.3) is 0 Å². The van der Waals surface area contributed by atoms with Crippen molar-refractivity contribution in [1.29, 1.82) is 0 Å². The van der Waals surface area contributed by atoms with Gasteiger partial charge in [-0.1, -0.05) is 0 Å². The summed E-state index contributed by atoms with van der Waals surface area (Å²) < 4.78 is 4.99. The van der Waals surface area contributed by atoms with Gasteiger partial charge in [0.1, 0.15) is 12.4 Å². The Balaban J connectivity index is 2.78. The summed E-state index contributed by atoms with van der Waals surface area (Å²) in [6.07, 6.45) is 0.662. The quantitative estimate of drug-likeness (QED) is 0.504. The third-order valence-corrected chi connectivity index (χ3v) is 1.34. The van der Waals surface area contributed by atoms with Crippen LogP contribution in [0.2, 0.25) is 0 Å². The number of hydrogen-bond donors (Lipinski definition) is 2. The number of ether oxygens (including phenoxy) is 1. The van der Waals surface area contributed by atoms with Crippen LogP contribution in [-0.2, 0) is 4.79 Å². The molecule has 1 aromatic carbocycles. The van der Waals surface area contributed by atoms with E-state index in [0.717, 1.165) is 0 Å². The van der Waals surface area contributed by atoms with E-state index in [0.29, 0.717) is 23.4 Å². The zero-order valence-electron chi connectivity index (χ0n) is 6.49. The molecule has 0 bridgehead atoms. The Bertz CT molecular complexity index is 286. The van der Waals surface area contributed by atoms with E-state index in [9.17, 15) is 4.79 Å². The first-order chi connectivity index (χ1) is 5.74. The number of carbonyl (C=O) groups is 1. The van der Waals surface area contributed by atoms with Crippen LogP contribution in [0, 0.1) is 0 Å². The number of nitrogens with two attached hydrogens (primary N) is 2. The number of rotatable bonds is 3. The molecule has 1 aromatic rings. The van der Waals surface area contributed by atoms with Gasteiger partial charge in [-0.2, -0.15) is 0 Å². The third kappa shape index (κ3) is 1.88. The molecule has 0 unspecified atom stereocenters. The van der Waals surface area contributed by atoms with Gasteiger partial charge in [-0.15, -0.1) is 0 Å². The maximum Gasteiger partial charge on any atom is 0.157 e. The minimum Gasteiger partial charge on any atom is -0.484 e. The number of benzene rings is 1. The van der Waals surface area contributed by atoms with Gasteiger partial charge in [0.05, 0.1) is 5.69 Å². The Morgan fingerprint density at radius 2 is 2.17 bits per heavy atom. The second kappa shape index (κ2) is 3.61.